The molecule has 2 rings (SSSR count). The van der Waals surface area contributed by atoms with Crippen LogP contribution >= 0.6 is 23.4 Å². The van der Waals surface area contributed by atoms with Crippen LogP contribution in [0.5, 0.6) is 0 Å². The lowest BCUT2D eigenvalue weighted by molar-refractivity contribution is 0.105. The monoisotopic (exact) mass is 313 g/mol. The number of hydrogen-bond donors (Lipinski definition) is 1. The molecule has 1 fully saturated rings. The lowest BCUT2D eigenvalue weighted by Crippen LogP contribution is -2.33. The van der Waals surface area contributed by atoms with E-state index in [-0.39, 0.29) is 0 Å². The fourth-order valence-electron chi connectivity index (χ4n) is 2.92. The maximum absolute atomic E-state index is 10.3. The van der Waals surface area contributed by atoms with E-state index >= 15 is 0 Å². The summed E-state index contributed by atoms with van der Waals surface area (Å²) in [6.45, 7) is 2.92. The number of thioether (sulfide) groups is 1. The zero-order valence-corrected chi connectivity index (χ0v) is 13.8. The lowest BCUT2D eigenvalue weighted by atomic mass is 10.1. The van der Waals surface area contributed by atoms with E-state index in [0.29, 0.717) is 17.6 Å². The summed E-state index contributed by atoms with van der Waals surface area (Å²) in [5, 5.41) is 11.8. The summed E-state index contributed by atoms with van der Waals surface area (Å²) in [7, 11) is 2.13. The fourth-order valence-corrected chi connectivity index (χ4v) is 4.18. The number of hydrogen-bond acceptors (Lipinski definition) is 3. The maximum atomic E-state index is 10.3. The Hall–Kier alpha value is -0.220. The number of nitrogens with zero attached hydrogens (tertiary/aromatic N) is 1. The summed E-state index contributed by atoms with van der Waals surface area (Å²) in [5.74, 6) is 1.20. The van der Waals surface area contributed by atoms with Crippen LogP contribution in [0.1, 0.15) is 37.9 Å². The van der Waals surface area contributed by atoms with Crippen molar-refractivity contribution in [1.82, 2.24) is 4.90 Å². The lowest BCUT2D eigenvalue weighted by Gasteiger charge is -2.27. The maximum Gasteiger partial charge on any atom is 0.0916 e. The van der Waals surface area contributed by atoms with Gasteiger partial charge in [0.05, 0.1) is 6.10 Å². The molecule has 20 heavy (non-hydrogen) atoms. The summed E-state index contributed by atoms with van der Waals surface area (Å²) < 4.78 is 0. The Labute approximate surface area is 131 Å². The second-order valence-corrected chi connectivity index (χ2v) is 7.56. The second-order valence-electron chi connectivity index (χ2n) is 5.55. The molecule has 1 aliphatic rings. The molecule has 0 spiro atoms. The van der Waals surface area contributed by atoms with Crippen molar-refractivity contribution in [2.24, 2.45) is 0 Å². The van der Waals surface area contributed by atoms with Crippen molar-refractivity contribution in [3.05, 3.63) is 34.9 Å². The zero-order valence-electron chi connectivity index (χ0n) is 12.3. The number of benzene rings is 1. The van der Waals surface area contributed by atoms with E-state index in [4.69, 9.17) is 11.6 Å². The number of halogens is 1. The standard InChI is InChI=1S/C16H24ClNOS/c1-3-20-15-9-8-14(10-15)18(2)11-16(19)12-4-6-13(17)7-5-12/h4-7,14-16,19H,3,8-11H2,1-2H3/t14?,15?,16-/m0/s1. The Bertz CT molecular complexity index is 411. The molecule has 0 aliphatic heterocycles. The Morgan fingerprint density at radius 2 is 2.05 bits per heavy atom. The first kappa shape index (κ1) is 16.2. The molecule has 4 heteroatoms. The zero-order chi connectivity index (χ0) is 14.5. The molecule has 1 saturated carbocycles. The van der Waals surface area contributed by atoms with Crippen LogP contribution in [-0.2, 0) is 0 Å². The Kier molecular flexibility index (Phi) is 6.21. The average Bonchev–Trinajstić information content (AvgIpc) is 2.88. The smallest absolute Gasteiger partial charge is 0.0916 e. The molecule has 2 nitrogen and oxygen atoms in total. The Morgan fingerprint density at radius 1 is 1.35 bits per heavy atom. The van der Waals surface area contributed by atoms with Gasteiger partial charge in [-0.15, -0.1) is 0 Å². The second kappa shape index (κ2) is 7.69. The Balaban J connectivity index is 1.85. The fraction of sp³-hybridized carbons (Fsp3) is 0.625. The summed E-state index contributed by atoms with van der Waals surface area (Å²) in [5.41, 5.74) is 0.943. The van der Waals surface area contributed by atoms with Gasteiger partial charge in [0.1, 0.15) is 0 Å². The number of rotatable bonds is 6. The quantitative estimate of drug-likeness (QED) is 0.859. The van der Waals surface area contributed by atoms with Gasteiger partial charge in [0.15, 0.2) is 0 Å². The van der Waals surface area contributed by atoms with Crippen LogP contribution in [-0.4, -0.2) is 40.6 Å². The first-order valence-corrected chi connectivity index (χ1v) is 8.78. The van der Waals surface area contributed by atoms with E-state index in [1.807, 2.05) is 24.3 Å². The van der Waals surface area contributed by atoms with Crippen molar-refractivity contribution in [2.45, 2.75) is 43.6 Å². The topological polar surface area (TPSA) is 23.5 Å². The molecule has 0 saturated heterocycles. The first-order valence-electron chi connectivity index (χ1n) is 7.35. The van der Waals surface area contributed by atoms with Crippen LogP contribution in [0.25, 0.3) is 0 Å². The summed E-state index contributed by atoms with van der Waals surface area (Å²) in [6, 6.07) is 8.10. The number of aliphatic hydroxyl groups is 1. The van der Waals surface area contributed by atoms with Gasteiger partial charge >= 0.3 is 0 Å². The minimum atomic E-state index is -0.435. The SMILES string of the molecule is CCSC1CCC(N(C)C[C@H](O)c2ccc(Cl)cc2)C1. The molecule has 1 N–H and O–H groups in total. The van der Waals surface area contributed by atoms with E-state index in [1.54, 1.807) is 0 Å². The van der Waals surface area contributed by atoms with E-state index < -0.39 is 6.10 Å². The molecule has 0 radical (unpaired) electrons. The molecular weight excluding hydrogens is 290 g/mol. The third-order valence-corrected chi connectivity index (χ3v) is 5.58. The molecule has 3 atom stereocenters. The largest absolute Gasteiger partial charge is 0.387 e. The summed E-state index contributed by atoms with van der Waals surface area (Å²) in [6.07, 6.45) is 3.38. The predicted molar refractivity (Wildman–Crippen MR) is 88.6 cm³/mol. The van der Waals surface area contributed by atoms with Crippen molar-refractivity contribution in [3.63, 3.8) is 0 Å². The average molecular weight is 314 g/mol. The highest BCUT2D eigenvalue weighted by molar-refractivity contribution is 7.99. The van der Waals surface area contributed by atoms with Crippen LogP contribution in [0.15, 0.2) is 24.3 Å². The third-order valence-electron chi connectivity index (χ3n) is 4.10. The van der Waals surface area contributed by atoms with E-state index in [1.165, 1.54) is 25.0 Å². The molecule has 1 aliphatic carbocycles. The van der Waals surface area contributed by atoms with Crippen LogP contribution < -0.4 is 0 Å². The van der Waals surface area contributed by atoms with Gasteiger partial charge in [-0.1, -0.05) is 30.7 Å². The number of likely N-dealkylation sites (N-methyl/N-ethyl adjacent to an activating group) is 1. The first-order chi connectivity index (χ1) is 9.60. The minimum absolute atomic E-state index is 0.435. The van der Waals surface area contributed by atoms with Gasteiger partial charge in [-0.25, -0.2) is 0 Å². The van der Waals surface area contributed by atoms with Crippen molar-refractivity contribution in [1.29, 1.82) is 0 Å². The summed E-state index contributed by atoms with van der Waals surface area (Å²) in [4.78, 5) is 2.31. The van der Waals surface area contributed by atoms with E-state index in [2.05, 4.69) is 30.6 Å². The molecule has 0 bridgehead atoms. The van der Waals surface area contributed by atoms with E-state index in [0.717, 1.165) is 10.8 Å². The predicted octanol–water partition coefficient (Wildman–Crippen LogP) is 3.98. The number of aliphatic hydroxyl groups excluding tert-OH is 1. The van der Waals surface area contributed by atoms with Gasteiger partial charge in [-0.2, -0.15) is 11.8 Å². The van der Waals surface area contributed by atoms with Crippen molar-refractivity contribution in [2.75, 3.05) is 19.3 Å². The normalized spacial score (nSPS) is 24.2. The highest BCUT2D eigenvalue weighted by Crippen LogP contribution is 2.32. The third kappa shape index (κ3) is 4.39. The van der Waals surface area contributed by atoms with Crippen molar-refractivity contribution < 1.29 is 5.11 Å². The van der Waals surface area contributed by atoms with Crippen LogP contribution in [0, 0.1) is 0 Å². The van der Waals surface area contributed by atoms with Gasteiger partial charge in [0, 0.05) is 22.9 Å². The van der Waals surface area contributed by atoms with E-state index in [9.17, 15) is 5.11 Å². The molecule has 112 valence electrons. The molecule has 1 aromatic rings. The molecule has 0 aromatic heterocycles. The molecular formula is C16H24ClNOS. The highest BCUT2D eigenvalue weighted by Gasteiger charge is 2.28. The van der Waals surface area contributed by atoms with Gasteiger partial charge < -0.3 is 10.0 Å². The summed E-state index contributed by atoms with van der Waals surface area (Å²) >= 11 is 7.95. The minimum Gasteiger partial charge on any atom is -0.387 e. The van der Waals surface area contributed by atoms with Crippen LogP contribution in [0.3, 0.4) is 0 Å². The van der Waals surface area contributed by atoms with Gasteiger partial charge in [0.25, 0.3) is 0 Å². The van der Waals surface area contributed by atoms with Crippen molar-refractivity contribution >= 4 is 23.4 Å². The molecule has 0 heterocycles. The van der Waals surface area contributed by atoms with Gasteiger partial charge in [-0.3, -0.25) is 0 Å². The van der Waals surface area contributed by atoms with Gasteiger partial charge in [-0.05, 0) is 49.8 Å². The van der Waals surface area contributed by atoms with Crippen LogP contribution in [0.4, 0.5) is 0 Å². The molecule has 0 amide bonds. The van der Waals surface area contributed by atoms with Crippen LogP contribution in [0.2, 0.25) is 5.02 Å². The molecule has 1 aromatic carbocycles. The van der Waals surface area contributed by atoms with Gasteiger partial charge in [0.2, 0.25) is 0 Å². The Morgan fingerprint density at radius 3 is 2.70 bits per heavy atom. The molecule has 2 unspecified atom stereocenters. The highest BCUT2D eigenvalue weighted by atomic mass is 35.5. The van der Waals surface area contributed by atoms with Crippen molar-refractivity contribution in [3.8, 4) is 0 Å².